The summed E-state index contributed by atoms with van der Waals surface area (Å²) < 4.78 is 0. The summed E-state index contributed by atoms with van der Waals surface area (Å²) in [7, 11) is 0. The van der Waals surface area contributed by atoms with Gasteiger partial charge in [0.25, 0.3) is 0 Å². The van der Waals surface area contributed by atoms with Crippen molar-refractivity contribution < 1.29 is 4.79 Å². The van der Waals surface area contributed by atoms with Gasteiger partial charge in [-0.3, -0.25) is 4.79 Å². The van der Waals surface area contributed by atoms with Crippen molar-refractivity contribution in [1.82, 2.24) is 0 Å². The van der Waals surface area contributed by atoms with E-state index in [0.29, 0.717) is 11.7 Å². The third-order valence-electron chi connectivity index (χ3n) is 3.83. The Morgan fingerprint density at radius 2 is 1.56 bits per heavy atom. The van der Waals surface area contributed by atoms with Gasteiger partial charge in [-0.2, -0.15) is 0 Å². The Hall–Kier alpha value is -1.11. The van der Waals surface area contributed by atoms with Crippen LogP contribution in [0.5, 0.6) is 0 Å². The van der Waals surface area contributed by atoms with Crippen LogP contribution in [0.2, 0.25) is 0 Å². The molecule has 0 unspecified atom stereocenters. The second-order valence-electron chi connectivity index (χ2n) is 5.10. The highest BCUT2D eigenvalue weighted by Gasteiger charge is 2.24. The quantitative estimate of drug-likeness (QED) is 0.683. The van der Waals surface area contributed by atoms with Gasteiger partial charge in [0.1, 0.15) is 0 Å². The van der Waals surface area contributed by atoms with Crippen molar-refractivity contribution in [1.29, 1.82) is 0 Å². The van der Waals surface area contributed by atoms with Crippen molar-refractivity contribution in [2.24, 2.45) is 5.92 Å². The maximum absolute atomic E-state index is 12.3. The van der Waals surface area contributed by atoms with Gasteiger partial charge < -0.3 is 0 Å². The van der Waals surface area contributed by atoms with Gasteiger partial charge in [0.2, 0.25) is 0 Å². The number of aryl methyl sites for hydroxylation is 3. The molecule has 1 aliphatic carbocycles. The van der Waals surface area contributed by atoms with Crippen molar-refractivity contribution >= 4 is 5.78 Å². The molecule has 0 bridgehead atoms. The van der Waals surface area contributed by atoms with Crippen LogP contribution in [0.15, 0.2) is 12.1 Å². The summed E-state index contributed by atoms with van der Waals surface area (Å²) in [4.78, 5) is 12.3. The number of Topliss-reactive ketones (excluding diaryl/α,β-unsaturated/α-hetero) is 1. The van der Waals surface area contributed by atoms with Gasteiger partial charge in [0, 0.05) is 11.5 Å². The third kappa shape index (κ3) is 2.04. The highest BCUT2D eigenvalue weighted by atomic mass is 16.1. The topological polar surface area (TPSA) is 17.1 Å². The first-order valence-electron chi connectivity index (χ1n) is 6.21. The first-order chi connectivity index (χ1) is 7.59. The molecule has 2 rings (SSSR count). The van der Waals surface area contributed by atoms with Gasteiger partial charge in [0.15, 0.2) is 5.78 Å². The van der Waals surface area contributed by atoms with Crippen LogP contribution in [0.4, 0.5) is 0 Å². The molecule has 1 aliphatic rings. The molecule has 0 aromatic heterocycles. The molecule has 1 fully saturated rings. The third-order valence-corrected chi connectivity index (χ3v) is 3.83. The largest absolute Gasteiger partial charge is 0.294 e. The fraction of sp³-hybridized carbons (Fsp3) is 0.533. The molecule has 0 heterocycles. The van der Waals surface area contributed by atoms with Crippen molar-refractivity contribution in [3.8, 4) is 0 Å². The first kappa shape index (κ1) is 11.4. The van der Waals surface area contributed by atoms with E-state index in [1.165, 1.54) is 24.0 Å². The van der Waals surface area contributed by atoms with Crippen LogP contribution in [-0.4, -0.2) is 5.78 Å². The second-order valence-corrected chi connectivity index (χ2v) is 5.10. The van der Waals surface area contributed by atoms with Crippen LogP contribution in [0, 0.1) is 26.7 Å². The van der Waals surface area contributed by atoms with E-state index in [0.717, 1.165) is 24.0 Å². The molecular weight excluding hydrogens is 196 g/mol. The summed E-state index contributed by atoms with van der Waals surface area (Å²) in [5.74, 6) is 0.666. The lowest BCUT2D eigenvalue weighted by Crippen LogP contribution is -2.13. The van der Waals surface area contributed by atoms with Crippen molar-refractivity contribution in [2.75, 3.05) is 0 Å². The van der Waals surface area contributed by atoms with E-state index in [4.69, 9.17) is 0 Å². The Morgan fingerprint density at radius 3 is 2.19 bits per heavy atom. The summed E-state index contributed by atoms with van der Waals surface area (Å²) in [5.41, 5.74) is 4.60. The van der Waals surface area contributed by atoms with Gasteiger partial charge in [-0.1, -0.05) is 18.9 Å². The smallest absolute Gasteiger partial charge is 0.166 e. The zero-order chi connectivity index (χ0) is 11.7. The van der Waals surface area contributed by atoms with Crippen LogP contribution in [-0.2, 0) is 0 Å². The predicted molar refractivity (Wildman–Crippen MR) is 66.9 cm³/mol. The van der Waals surface area contributed by atoms with Gasteiger partial charge in [-0.15, -0.1) is 0 Å². The average Bonchev–Trinajstić information content (AvgIpc) is 2.75. The minimum absolute atomic E-state index is 0.292. The molecule has 0 radical (unpaired) electrons. The number of carbonyl (C=O) groups is 1. The lowest BCUT2D eigenvalue weighted by atomic mass is 9.91. The van der Waals surface area contributed by atoms with E-state index in [1.54, 1.807) is 0 Å². The summed E-state index contributed by atoms with van der Waals surface area (Å²) in [5, 5.41) is 0. The molecule has 0 aliphatic heterocycles. The minimum Gasteiger partial charge on any atom is -0.294 e. The van der Waals surface area contributed by atoms with Crippen molar-refractivity contribution in [3.05, 3.63) is 34.4 Å². The zero-order valence-corrected chi connectivity index (χ0v) is 10.5. The average molecular weight is 216 g/mol. The number of benzene rings is 1. The van der Waals surface area contributed by atoms with Crippen LogP contribution >= 0.6 is 0 Å². The zero-order valence-electron chi connectivity index (χ0n) is 10.5. The number of rotatable bonds is 2. The number of ketones is 1. The molecule has 86 valence electrons. The standard InChI is InChI=1S/C15H20O/c1-10-8-12(3)14(9-11(10)2)15(16)13-6-4-5-7-13/h8-9,13H,4-7H2,1-3H3. The van der Waals surface area contributed by atoms with E-state index in [-0.39, 0.29) is 0 Å². The lowest BCUT2D eigenvalue weighted by Gasteiger charge is -2.12. The fourth-order valence-corrected chi connectivity index (χ4v) is 2.63. The van der Waals surface area contributed by atoms with E-state index < -0.39 is 0 Å². The summed E-state index contributed by atoms with van der Waals surface area (Å²) in [6.45, 7) is 6.24. The molecule has 16 heavy (non-hydrogen) atoms. The Balaban J connectivity index is 2.32. The molecule has 0 amide bonds. The highest BCUT2D eigenvalue weighted by Crippen LogP contribution is 2.29. The normalized spacial score (nSPS) is 16.7. The maximum atomic E-state index is 12.3. The first-order valence-corrected chi connectivity index (χ1v) is 6.21. The Labute approximate surface area is 97.9 Å². The van der Waals surface area contributed by atoms with E-state index in [2.05, 4.69) is 32.9 Å². The highest BCUT2D eigenvalue weighted by molar-refractivity contribution is 5.99. The molecule has 1 saturated carbocycles. The van der Waals surface area contributed by atoms with Crippen LogP contribution in [0.25, 0.3) is 0 Å². The molecular formula is C15H20O. The van der Waals surface area contributed by atoms with Crippen molar-refractivity contribution in [2.45, 2.75) is 46.5 Å². The summed E-state index contributed by atoms with van der Waals surface area (Å²) in [6, 6.07) is 4.21. The number of hydrogen-bond acceptors (Lipinski definition) is 1. The van der Waals surface area contributed by atoms with Gasteiger partial charge >= 0.3 is 0 Å². The predicted octanol–water partition coefficient (Wildman–Crippen LogP) is 3.98. The summed E-state index contributed by atoms with van der Waals surface area (Å²) >= 11 is 0. The molecule has 1 aromatic carbocycles. The van der Waals surface area contributed by atoms with Gasteiger partial charge in [0.05, 0.1) is 0 Å². The van der Waals surface area contributed by atoms with Gasteiger partial charge in [-0.05, 0) is 56.4 Å². The minimum atomic E-state index is 0.292. The molecule has 0 spiro atoms. The molecule has 1 aromatic rings. The fourth-order valence-electron chi connectivity index (χ4n) is 2.63. The molecule has 0 N–H and O–H groups in total. The molecule has 1 heteroatoms. The number of hydrogen-bond donors (Lipinski definition) is 0. The molecule has 1 nitrogen and oxygen atoms in total. The van der Waals surface area contributed by atoms with Crippen molar-refractivity contribution in [3.63, 3.8) is 0 Å². The summed E-state index contributed by atoms with van der Waals surface area (Å²) in [6.07, 6.45) is 4.62. The Bertz CT molecular complexity index is 412. The molecule has 0 atom stereocenters. The van der Waals surface area contributed by atoms with Crippen LogP contribution in [0.1, 0.15) is 52.7 Å². The number of carbonyl (C=O) groups excluding carboxylic acids is 1. The molecule has 0 saturated heterocycles. The lowest BCUT2D eigenvalue weighted by molar-refractivity contribution is 0.0922. The maximum Gasteiger partial charge on any atom is 0.166 e. The van der Waals surface area contributed by atoms with E-state index >= 15 is 0 Å². The van der Waals surface area contributed by atoms with Crippen LogP contribution in [0.3, 0.4) is 0 Å². The monoisotopic (exact) mass is 216 g/mol. The SMILES string of the molecule is Cc1cc(C)c(C(=O)C2CCCC2)cc1C. The van der Waals surface area contributed by atoms with E-state index in [9.17, 15) is 4.79 Å². The van der Waals surface area contributed by atoms with Crippen LogP contribution < -0.4 is 0 Å². The Kier molecular flexibility index (Phi) is 3.13. The van der Waals surface area contributed by atoms with Gasteiger partial charge in [-0.25, -0.2) is 0 Å². The second kappa shape index (κ2) is 4.40. The Morgan fingerprint density at radius 1 is 1.00 bits per heavy atom. The van der Waals surface area contributed by atoms with E-state index in [1.807, 2.05) is 0 Å².